The first-order chi connectivity index (χ1) is 21.2. The third-order valence-electron chi connectivity index (χ3n) is 8.93. The van der Waals surface area contributed by atoms with Gasteiger partial charge in [0.25, 0.3) is 5.91 Å². The molecule has 14 heteroatoms. The maximum Gasteiger partial charge on any atom is 0.416 e. The standard InChI is InChI=1S/C30H31F3N8O3/c31-30(32,33)18-8-9-35-25(13-18)38-29(43)17-4-5-23(24(12-17)44-20-2-1-3-20)41-16-40(27-28(41)37-11-10-36-27)19-14-21(34)22-6-7-26(42)39(22)15-19/h4-5,8-13,19-22H,1-3,6-7,14-16,34H2,(H,35,38,43)/t19-,21?,22+/m1/s1. The molecular formula is C30H31F3N8O3. The number of nitrogens with two attached hydrogens (primary N) is 1. The maximum absolute atomic E-state index is 13.2. The number of anilines is 4. The fourth-order valence-electron chi connectivity index (χ4n) is 6.42. The molecule has 11 nitrogen and oxygen atoms in total. The second-order valence-corrected chi connectivity index (χ2v) is 11.7. The van der Waals surface area contributed by atoms with Crippen LogP contribution in [-0.4, -0.2) is 69.1 Å². The van der Waals surface area contributed by atoms with Gasteiger partial charge in [-0.3, -0.25) is 9.59 Å². The number of nitrogens with zero attached hydrogens (tertiary/aromatic N) is 6. The monoisotopic (exact) mass is 608 g/mol. The Hall–Kier alpha value is -4.46. The van der Waals surface area contributed by atoms with Gasteiger partial charge >= 0.3 is 6.18 Å². The van der Waals surface area contributed by atoms with Gasteiger partial charge in [0.05, 0.1) is 30.1 Å². The number of ether oxygens (including phenoxy) is 1. The third-order valence-corrected chi connectivity index (χ3v) is 8.93. The zero-order chi connectivity index (χ0) is 30.6. The molecule has 44 heavy (non-hydrogen) atoms. The summed E-state index contributed by atoms with van der Waals surface area (Å²) in [7, 11) is 0. The van der Waals surface area contributed by atoms with E-state index in [1.807, 2.05) is 9.80 Å². The van der Waals surface area contributed by atoms with Crippen LogP contribution < -0.4 is 25.6 Å². The van der Waals surface area contributed by atoms with Crippen LogP contribution in [0.15, 0.2) is 48.9 Å². The van der Waals surface area contributed by atoms with Gasteiger partial charge in [-0.15, -0.1) is 0 Å². The van der Waals surface area contributed by atoms with Crippen molar-refractivity contribution in [2.45, 2.75) is 68.9 Å². The van der Waals surface area contributed by atoms with Gasteiger partial charge in [-0.25, -0.2) is 15.0 Å². The average molecular weight is 609 g/mol. The van der Waals surface area contributed by atoms with Gasteiger partial charge in [0.15, 0.2) is 11.6 Å². The number of amides is 2. The molecule has 3 aromatic rings. The summed E-state index contributed by atoms with van der Waals surface area (Å²) in [4.78, 5) is 44.9. The van der Waals surface area contributed by atoms with E-state index in [0.29, 0.717) is 49.1 Å². The maximum atomic E-state index is 13.2. The molecule has 3 aliphatic heterocycles. The number of pyridine rings is 1. The van der Waals surface area contributed by atoms with E-state index < -0.39 is 17.6 Å². The Balaban J connectivity index is 1.18. The second kappa shape index (κ2) is 10.9. The molecule has 2 amide bonds. The van der Waals surface area contributed by atoms with Crippen molar-refractivity contribution < 1.29 is 27.5 Å². The van der Waals surface area contributed by atoms with E-state index in [9.17, 15) is 22.8 Å². The molecule has 7 rings (SSSR count). The van der Waals surface area contributed by atoms with Crippen LogP contribution in [0.4, 0.5) is 36.3 Å². The number of aromatic nitrogens is 3. The van der Waals surface area contributed by atoms with E-state index in [2.05, 4.69) is 25.2 Å². The number of carbonyl (C=O) groups excluding carboxylic acids is 2. The minimum Gasteiger partial charge on any atom is -0.488 e. The Kier molecular flexibility index (Phi) is 7.03. The Morgan fingerprint density at radius 1 is 1.00 bits per heavy atom. The van der Waals surface area contributed by atoms with Crippen molar-refractivity contribution in [2.24, 2.45) is 5.73 Å². The lowest BCUT2D eigenvalue weighted by atomic mass is 9.93. The molecule has 3 atom stereocenters. The van der Waals surface area contributed by atoms with Gasteiger partial charge in [-0.2, -0.15) is 13.2 Å². The zero-order valence-corrected chi connectivity index (χ0v) is 23.7. The number of benzene rings is 1. The average Bonchev–Trinajstić information content (AvgIpc) is 3.55. The molecule has 0 bridgehead atoms. The van der Waals surface area contributed by atoms with Crippen molar-refractivity contribution in [3.05, 3.63) is 60.0 Å². The van der Waals surface area contributed by atoms with E-state index in [4.69, 9.17) is 10.5 Å². The smallest absolute Gasteiger partial charge is 0.416 e. The first kappa shape index (κ1) is 28.3. The minimum absolute atomic E-state index is 0.0216. The zero-order valence-electron chi connectivity index (χ0n) is 23.7. The number of piperidine rings is 1. The number of carbonyl (C=O) groups is 2. The normalized spacial score (nSPS) is 23.3. The van der Waals surface area contributed by atoms with Crippen LogP contribution in [0.1, 0.15) is 54.4 Å². The lowest BCUT2D eigenvalue weighted by Crippen LogP contribution is -2.59. The summed E-state index contributed by atoms with van der Waals surface area (Å²) >= 11 is 0. The number of rotatable bonds is 6. The number of fused-ring (bicyclic) bond motifs is 2. The summed E-state index contributed by atoms with van der Waals surface area (Å²) in [6.07, 6.45) is 4.43. The SMILES string of the molecule is NC1C[C@@H](N2CN(c3ccc(C(=O)Nc4cc(C(F)(F)F)ccn4)cc3OC3CCC3)c3nccnc32)CN2C(=O)CC[C@@H]12. The fraction of sp³-hybridized carbons (Fsp3) is 0.433. The molecule has 1 aromatic carbocycles. The number of hydrogen-bond donors (Lipinski definition) is 2. The van der Waals surface area contributed by atoms with E-state index >= 15 is 0 Å². The predicted octanol–water partition coefficient (Wildman–Crippen LogP) is 4.08. The first-order valence-corrected chi connectivity index (χ1v) is 14.7. The van der Waals surface area contributed by atoms with E-state index in [1.54, 1.807) is 30.6 Å². The molecule has 4 aliphatic rings. The van der Waals surface area contributed by atoms with Gasteiger partial charge in [-0.05, 0) is 62.4 Å². The molecule has 3 fully saturated rings. The van der Waals surface area contributed by atoms with Crippen molar-refractivity contribution >= 4 is 35.0 Å². The second-order valence-electron chi connectivity index (χ2n) is 11.7. The summed E-state index contributed by atoms with van der Waals surface area (Å²) in [6.45, 7) is 0.930. The predicted molar refractivity (Wildman–Crippen MR) is 155 cm³/mol. The highest BCUT2D eigenvalue weighted by molar-refractivity contribution is 6.04. The van der Waals surface area contributed by atoms with Crippen molar-refractivity contribution in [2.75, 3.05) is 28.3 Å². The van der Waals surface area contributed by atoms with E-state index in [0.717, 1.165) is 44.0 Å². The quantitative estimate of drug-likeness (QED) is 0.425. The van der Waals surface area contributed by atoms with Crippen LogP contribution >= 0.6 is 0 Å². The van der Waals surface area contributed by atoms with Gasteiger partial charge in [0, 0.05) is 49.2 Å². The number of halogens is 3. The van der Waals surface area contributed by atoms with Gasteiger partial charge in [-0.1, -0.05) is 0 Å². The van der Waals surface area contributed by atoms with Crippen LogP contribution in [0, 0.1) is 0 Å². The molecule has 1 aliphatic carbocycles. The number of hydrogen-bond acceptors (Lipinski definition) is 9. The van der Waals surface area contributed by atoms with Crippen molar-refractivity contribution in [3.8, 4) is 5.75 Å². The summed E-state index contributed by atoms with van der Waals surface area (Å²) in [5, 5.41) is 2.47. The lowest BCUT2D eigenvalue weighted by molar-refractivity contribution is -0.137. The first-order valence-electron chi connectivity index (χ1n) is 14.7. The molecule has 0 radical (unpaired) electrons. The van der Waals surface area contributed by atoms with Crippen molar-refractivity contribution in [1.82, 2.24) is 19.9 Å². The lowest BCUT2D eigenvalue weighted by Gasteiger charge is -2.43. The minimum atomic E-state index is -4.56. The molecule has 0 spiro atoms. The third kappa shape index (κ3) is 5.16. The summed E-state index contributed by atoms with van der Waals surface area (Å²) in [6, 6.07) is 6.43. The van der Waals surface area contributed by atoms with Crippen molar-refractivity contribution in [3.63, 3.8) is 0 Å². The van der Waals surface area contributed by atoms with Gasteiger partial charge < -0.3 is 30.5 Å². The molecule has 230 valence electrons. The van der Waals surface area contributed by atoms with Gasteiger partial charge in [0.1, 0.15) is 11.6 Å². The molecule has 2 aromatic heterocycles. The molecule has 1 unspecified atom stereocenters. The Morgan fingerprint density at radius 3 is 2.55 bits per heavy atom. The molecule has 2 saturated heterocycles. The van der Waals surface area contributed by atoms with Crippen LogP contribution in [0.5, 0.6) is 5.75 Å². The van der Waals surface area contributed by atoms with E-state index in [1.165, 1.54) is 0 Å². The Labute approximate surface area is 251 Å². The van der Waals surface area contributed by atoms with Crippen LogP contribution in [0.3, 0.4) is 0 Å². The molecule has 5 heterocycles. The molecule has 3 N–H and O–H groups in total. The topological polar surface area (TPSA) is 130 Å². The highest BCUT2D eigenvalue weighted by Gasteiger charge is 2.45. The van der Waals surface area contributed by atoms with Crippen LogP contribution in [-0.2, 0) is 11.0 Å². The summed E-state index contributed by atoms with van der Waals surface area (Å²) < 4.78 is 45.9. The number of nitrogens with one attached hydrogen (secondary N) is 1. The van der Waals surface area contributed by atoms with Crippen molar-refractivity contribution in [1.29, 1.82) is 0 Å². The van der Waals surface area contributed by atoms with Crippen LogP contribution in [0.25, 0.3) is 0 Å². The fourth-order valence-corrected chi connectivity index (χ4v) is 6.42. The summed E-state index contributed by atoms with van der Waals surface area (Å²) in [5.74, 6) is 1.02. The number of alkyl halides is 3. The highest BCUT2D eigenvalue weighted by Crippen LogP contribution is 2.45. The highest BCUT2D eigenvalue weighted by atomic mass is 19.4. The summed E-state index contributed by atoms with van der Waals surface area (Å²) in [5.41, 5.74) is 6.51. The largest absolute Gasteiger partial charge is 0.488 e. The molecule has 1 saturated carbocycles. The Morgan fingerprint density at radius 2 is 1.80 bits per heavy atom. The van der Waals surface area contributed by atoms with E-state index in [-0.39, 0.29) is 41.5 Å². The van der Waals surface area contributed by atoms with Gasteiger partial charge in [0.2, 0.25) is 5.91 Å². The molecular weight excluding hydrogens is 577 g/mol. The van der Waals surface area contributed by atoms with Crippen LogP contribution in [0.2, 0.25) is 0 Å². The Bertz CT molecular complexity index is 1600.